The van der Waals surface area contributed by atoms with Crippen molar-refractivity contribution in [3.05, 3.63) is 41.0 Å². The molecule has 0 aliphatic heterocycles. The van der Waals surface area contributed by atoms with Gasteiger partial charge in [0.05, 0.1) is 28.7 Å². The van der Waals surface area contributed by atoms with E-state index in [9.17, 15) is 14.0 Å². The number of nitrogens with two attached hydrogens (primary N) is 1. The molecule has 0 saturated heterocycles. The third-order valence-corrected chi connectivity index (χ3v) is 5.24. The van der Waals surface area contributed by atoms with Crippen LogP contribution in [0.3, 0.4) is 0 Å². The van der Waals surface area contributed by atoms with E-state index in [4.69, 9.17) is 10.8 Å². The minimum atomic E-state index is -0.797. The average molecular weight is 506 g/mol. The number of carbonyl (C=O) groups excluding carboxylic acids is 2. The SMILES string of the molecule is CC.CC1CC(C)(O)C1.CCCC=O.Cc1cc(C(N)=O)c(F)cc1Nc1ncc(N(C)C)c(C)n1. The van der Waals surface area contributed by atoms with E-state index in [2.05, 4.69) is 22.2 Å². The molecule has 0 radical (unpaired) electrons. The molecule has 202 valence electrons. The molecule has 1 aromatic heterocycles. The summed E-state index contributed by atoms with van der Waals surface area (Å²) in [7, 11) is 3.81. The molecule has 2 aromatic rings. The van der Waals surface area contributed by atoms with Crippen LogP contribution in [0.4, 0.5) is 21.7 Å². The number of hydrogen-bond acceptors (Lipinski definition) is 7. The van der Waals surface area contributed by atoms with Crippen LogP contribution in [0.5, 0.6) is 0 Å². The Hall–Kier alpha value is -3.07. The number of halogens is 1. The third-order valence-electron chi connectivity index (χ3n) is 5.24. The molecule has 1 amide bonds. The van der Waals surface area contributed by atoms with Gasteiger partial charge in [-0.05, 0) is 63.6 Å². The molecular weight excluding hydrogens is 461 g/mol. The fraction of sp³-hybridized carbons (Fsp3) is 0.556. The number of anilines is 3. The summed E-state index contributed by atoms with van der Waals surface area (Å²) < 4.78 is 13.8. The number of primary amides is 1. The largest absolute Gasteiger partial charge is 0.390 e. The summed E-state index contributed by atoms with van der Waals surface area (Å²) in [4.78, 5) is 31.0. The van der Waals surface area contributed by atoms with Crippen LogP contribution >= 0.6 is 0 Å². The van der Waals surface area contributed by atoms with E-state index in [0.717, 1.165) is 42.8 Å². The number of aromatic nitrogens is 2. The molecule has 3 rings (SSSR count). The third kappa shape index (κ3) is 11.1. The Morgan fingerprint density at radius 3 is 2.22 bits per heavy atom. The summed E-state index contributed by atoms with van der Waals surface area (Å²) in [5, 5.41) is 12.0. The van der Waals surface area contributed by atoms with Crippen molar-refractivity contribution in [1.29, 1.82) is 0 Å². The minimum Gasteiger partial charge on any atom is -0.390 e. The number of carbonyl (C=O) groups is 2. The van der Waals surface area contributed by atoms with Crippen molar-refractivity contribution in [2.75, 3.05) is 24.3 Å². The van der Waals surface area contributed by atoms with Crippen molar-refractivity contribution in [2.45, 2.75) is 79.8 Å². The minimum absolute atomic E-state index is 0.136. The van der Waals surface area contributed by atoms with Gasteiger partial charge in [-0.3, -0.25) is 4.79 Å². The summed E-state index contributed by atoms with van der Waals surface area (Å²) in [6.07, 6.45) is 6.29. The summed E-state index contributed by atoms with van der Waals surface area (Å²) in [6.45, 7) is 13.7. The number of unbranched alkanes of at least 4 members (excludes halogenated alkanes) is 1. The first-order chi connectivity index (χ1) is 16.8. The lowest BCUT2D eigenvalue weighted by atomic mass is 9.73. The molecule has 4 N–H and O–H groups in total. The monoisotopic (exact) mass is 505 g/mol. The maximum atomic E-state index is 13.8. The van der Waals surface area contributed by atoms with Gasteiger partial charge in [0, 0.05) is 26.2 Å². The smallest absolute Gasteiger partial charge is 0.251 e. The zero-order valence-corrected chi connectivity index (χ0v) is 23.3. The first kappa shape index (κ1) is 32.9. The summed E-state index contributed by atoms with van der Waals surface area (Å²) in [5.74, 6) is -0.357. The highest BCUT2D eigenvalue weighted by Crippen LogP contribution is 2.36. The summed E-state index contributed by atoms with van der Waals surface area (Å²) in [6, 6.07) is 2.62. The Morgan fingerprint density at radius 2 is 1.89 bits per heavy atom. The molecule has 8 nitrogen and oxygen atoms in total. The highest BCUT2D eigenvalue weighted by atomic mass is 19.1. The van der Waals surface area contributed by atoms with E-state index in [1.54, 1.807) is 13.1 Å². The van der Waals surface area contributed by atoms with Crippen molar-refractivity contribution in [3.8, 4) is 0 Å². The standard InChI is InChI=1S/C15H18FN5O.C6H12O.C4H8O.C2H6/c1-8-5-10(14(17)22)11(16)6-12(8)20-15-18-7-13(21(3)4)9(2)19-15;1-5-3-6(2,7)4-5;1-2-3-4-5;1-2/h5-7H,1-4H3,(H2,17,22)(H,18,19,20);5,7H,3-4H2,1-2H3;4H,2-3H2,1H3;1-2H3. The van der Waals surface area contributed by atoms with Gasteiger partial charge in [-0.2, -0.15) is 0 Å². The average Bonchev–Trinajstić information content (AvgIpc) is 2.77. The van der Waals surface area contributed by atoms with Gasteiger partial charge in [0.1, 0.15) is 12.1 Å². The second-order valence-corrected chi connectivity index (χ2v) is 9.16. The van der Waals surface area contributed by atoms with Gasteiger partial charge >= 0.3 is 0 Å². The van der Waals surface area contributed by atoms with Crippen molar-refractivity contribution >= 4 is 29.5 Å². The number of aliphatic hydroxyl groups is 1. The zero-order chi connectivity index (χ0) is 28.1. The fourth-order valence-corrected chi connectivity index (χ4v) is 3.64. The maximum Gasteiger partial charge on any atom is 0.251 e. The summed E-state index contributed by atoms with van der Waals surface area (Å²) >= 11 is 0. The number of aldehydes is 1. The Labute approximate surface area is 215 Å². The number of rotatable bonds is 6. The lowest BCUT2D eigenvalue weighted by Crippen LogP contribution is -2.39. The Balaban J connectivity index is 0.000000715. The van der Waals surface area contributed by atoms with Crippen LogP contribution in [0, 0.1) is 25.6 Å². The topological polar surface area (TPSA) is 121 Å². The van der Waals surface area contributed by atoms with Gasteiger partial charge in [0.25, 0.3) is 5.91 Å². The van der Waals surface area contributed by atoms with Crippen LogP contribution in [-0.2, 0) is 4.79 Å². The van der Waals surface area contributed by atoms with Crippen LogP contribution in [-0.4, -0.2) is 47.0 Å². The Bertz CT molecular complexity index is 972. The molecular formula is C27H44FN5O3. The van der Waals surface area contributed by atoms with Crippen LogP contribution in [0.1, 0.15) is 81.9 Å². The van der Waals surface area contributed by atoms with Crippen molar-refractivity contribution in [3.63, 3.8) is 0 Å². The zero-order valence-electron chi connectivity index (χ0n) is 23.3. The predicted octanol–water partition coefficient (Wildman–Crippen LogP) is 5.32. The van der Waals surface area contributed by atoms with Crippen LogP contribution in [0.15, 0.2) is 18.3 Å². The van der Waals surface area contributed by atoms with Crippen LogP contribution in [0.2, 0.25) is 0 Å². The number of nitrogens with zero attached hydrogens (tertiary/aromatic N) is 3. The second-order valence-electron chi connectivity index (χ2n) is 9.16. The highest BCUT2D eigenvalue weighted by molar-refractivity contribution is 5.94. The Kier molecular flexibility index (Phi) is 14.5. The van der Waals surface area contributed by atoms with Crippen LogP contribution in [0.25, 0.3) is 0 Å². The molecule has 36 heavy (non-hydrogen) atoms. The van der Waals surface area contributed by atoms with Gasteiger partial charge in [-0.15, -0.1) is 0 Å². The number of aryl methyl sites for hydroxylation is 2. The molecule has 1 heterocycles. The molecule has 1 aliphatic carbocycles. The van der Waals surface area contributed by atoms with Crippen molar-refractivity contribution in [1.82, 2.24) is 9.97 Å². The first-order valence-corrected chi connectivity index (χ1v) is 12.3. The fourth-order valence-electron chi connectivity index (χ4n) is 3.64. The van der Waals surface area contributed by atoms with Crippen molar-refractivity contribution < 1.29 is 19.1 Å². The quantitative estimate of drug-likeness (QED) is 0.454. The van der Waals surface area contributed by atoms with E-state index >= 15 is 0 Å². The summed E-state index contributed by atoms with van der Waals surface area (Å²) in [5.41, 5.74) is 7.54. The van der Waals surface area contributed by atoms with E-state index in [0.29, 0.717) is 23.6 Å². The molecule has 0 spiro atoms. The van der Waals surface area contributed by atoms with Crippen LogP contribution < -0.4 is 16.0 Å². The van der Waals surface area contributed by atoms with E-state index in [1.807, 2.05) is 53.6 Å². The van der Waals surface area contributed by atoms with Crippen molar-refractivity contribution in [2.24, 2.45) is 11.7 Å². The van der Waals surface area contributed by atoms with E-state index < -0.39 is 11.7 Å². The lowest BCUT2D eigenvalue weighted by molar-refractivity contribution is -0.107. The molecule has 1 fully saturated rings. The molecule has 0 atom stereocenters. The number of hydrogen-bond donors (Lipinski definition) is 3. The molecule has 9 heteroatoms. The predicted molar refractivity (Wildman–Crippen MR) is 145 cm³/mol. The van der Waals surface area contributed by atoms with E-state index in [1.165, 1.54) is 12.1 Å². The van der Waals surface area contributed by atoms with Gasteiger partial charge in [-0.1, -0.05) is 27.7 Å². The van der Waals surface area contributed by atoms with Gasteiger partial charge < -0.3 is 25.9 Å². The molecule has 0 bridgehead atoms. The highest BCUT2D eigenvalue weighted by Gasteiger charge is 2.34. The van der Waals surface area contributed by atoms with E-state index in [-0.39, 0.29) is 11.2 Å². The lowest BCUT2D eigenvalue weighted by Gasteiger charge is -2.38. The molecule has 1 saturated carbocycles. The van der Waals surface area contributed by atoms with Gasteiger partial charge in [0.15, 0.2) is 0 Å². The normalized spacial score (nSPS) is 17.5. The molecule has 1 aromatic carbocycles. The first-order valence-electron chi connectivity index (χ1n) is 12.3. The maximum absolute atomic E-state index is 13.8. The molecule has 1 aliphatic rings. The molecule has 0 unspecified atom stereocenters. The second kappa shape index (κ2) is 15.8. The Morgan fingerprint density at radius 1 is 1.31 bits per heavy atom. The number of benzene rings is 1. The van der Waals surface area contributed by atoms with Gasteiger partial charge in [0.2, 0.25) is 5.95 Å². The van der Waals surface area contributed by atoms with Gasteiger partial charge in [-0.25, -0.2) is 14.4 Å². The number of nitrogens with one attached hydrogen (secondary N) is 1. The number of amides is 1.